The summed E-state index contributed by atoms with van der Waals surface area (Å²) < 4.78 is 5.07. The van der Waals surface area contributed by atoms with Crippen LogP contribution in [0.5, 0.6) is 0 Å². The largest absolute Gasteiger partial charge is 0.464 e. The van der Waals surface area contributed by atoms with Gasteiger partial charge < -0.3 is 9.64 Å². The average Bonchev–Trinajstić information content (AvgIpc) is 2.43. The molecule has 4 nitrogen and oxygen atoms in total. The van der Waals surface area contributed by atoms with E-state index in [2.05, 4.69) is 0 Å². The van der Waals surface area contributed by atoms with E-state index in [-0.39, 0.29) is 17.3 Å². The number of ether oxygens (including phenoxy) is 1. The summed E-state index contributed by atoms with van der Waals surface area (Å²) in [5.74, 6) is -0.391. The average molecular weight is 305 g/mol. The fraction of sp³-hybridized carbons (Fsp3) is 0.556. The SMILES string of the molecule is CCOC(=O)C(C)N(Cc1ccccc1)C(=O)CC(C)(C)C. The van der Waals surface area contributed by atoms with Crippen LogP contribution < -0.4 is 0 Å². The molecule has 22 heavy (non-hydrogen) atoms. The molecule has 0 bridgehead atoms. The Hall–Kier alpha value is -1.84. The molecule has 0 heterocycles. The van der Waals surface area contributed by atoms with Gasteiger partial charge in [-0.1, -0.05) is 51.1 Å². The monoisotopic (exact) mass is 305 g/mol. The van der Waals surface area contributed by atoms with Gasteiger partial charge in [0.25, 0.3) is 0 Å². The maximum Gasteiger partial charge on any atom is 0.328 e. The first-order valence-electron chi connectivity index (χ1n) is 7.74. The van der Waals surface area contributed by atoms with Crippen molar-refractivity contribution in [2.24, 2.45) is 5.41 Å². The van der Waals surface area contributed by atoms with Crippen LogP contribution in [0.15, 0.2) is 30.3 Å². The van der Waals surface area contributed by atoms with Crippen molar-refractivity contribution in [2.45, 2.75) is 53.6 Å². The highest BCUT2D eigenvalue weighted by Gasteiger charge is 2.29. The Bertz CT molecular complexity index is 491. The minimum Gasteiger partial charge on any atom is -0.464 e. The predicted molar refractivity (Wildman–Crippen MR) is 87.2 cm³/mol. The van der Waals surface area contributed by atoms with Crippen molar-refractivity contribution in [3.63, 3.8) is 0 Å². The van der Waals surface area contributed by atoms with Crippen molar-refractivity contribution in [1.82, 2.24) is 4.90 Å². The second kappa shape index (κ2) is 7.97. The first kappa shape index (κ1) is 18.2. The van der Waals surface area contributed by atoms with Crippen LogP contribution in [-0.4, -0.2) is 29.4 Å². The Morgan fingerprint density at radius 1 is 1.18 bits per heavy atom. The third-order valence-electron chi connectivity index (χ3n) is 3.29. The molecule has 0 spiro atoms. The van der Waals surface area contributed by atoms with Gasteiger partial charge in [0.1, 0.15) is 6.04 Å². The molecule has 1 aromatic carbocycles. The molecule has 0 N–H and O–H groups in total. The van der Waals surface area contributed by atoms with Gasteiger partial charge in [-0.15, -0.1) is 0 Å². The molecule has 0 aliphatic heterocycles. The molecule has 0 saturated heterocycles. The van der Waals surface area contributed by atoms with Gasteiger partial charge in [-0.3, -0.25) is 4.79 Å². The van der Waals surface area contributed by atoms with E-state index in [1.54, 1.807) is 18.7 Å². The van der Waals surface area contributed by atoms with Crippen molar-refractivity contribution in [3.8, 4) is 0 Å². The van der Waals surface area contributed by atoms with Crippen LogP contribution in [-0.2, 0) is 20.9 Å². The van der Waals surface area contributed by atoms with E-state index in [9.17, 15) is 9.59 Å². The number of esters is 1. The summed E-state index contributed by atoms with van der Waals surface area (Å²) in [4.78, 5) is 26.3. The van der Waals surface area contributed by atoms with Crippen molar-refractivity contribution in [3.05, 3.63) is 35.9 Å². The van der Waals surface area contributed by atoms with Crippen molar-refractivity contribution in [1.29, 1.82) is 0 Å². The van der Waals surface area contributed by atoms with E-state index in [1.807, 2.05) is 51.1 Å². The Morgan fingerprint density at radius 3 is 2.27 bits per heavy atom. The molecule has 1 unspecified atom stereocenters. The molecule has 1 atom stereocenters. The van der Waals surface area contributed by atoms with Gasteiger partial charge in [0.15, 0.2) is 0 Å². The number of amides is 1. The zero-order valence-electron chi connectivity index (χ0n) is 14.3. The number of carbonyl (C=O) groups excluding carboxylic acids is 2. The zero-order chi connectivity index (χ0) is 16.8. The lowest BCUT2D eigenvalue weighted by Gasteiger charge is -2.30. The normalized spacial score (nSPS) is 12.6. The molecule has 122 valence electrons. The number of hydrogen-bond donors (Lipinski definition) is 0. The molecule has 4 heteroatoms. The van der Waals surface area contributed by atoms with E-state index in [0.29, 0.717) is 19.6 Å². The Morgan fingerprint density at radius 2 is 1.77 bits per heavy atom. The number of hydrogen-bond acceptors (Lipinski definition) is 3. The summed E-state index contributed by atoms with van der Waals surface area (Å²) in [5.41, 5.74) is 0.876. The van der Waals surface area contributed by atoms with Gasteiger partial charge in [0, 0.05) is 13.0 Å². The lowest BCUT2D eigenvalue weighted by Crippen LogP contribution is -2.44. The Kier molecular flexibility index (Phi) is 6.60. The van der Waals surface area contributed by atoms with E-state index >= 15 is 0 Å². The van der Waals surface area contributed by atoms with Crippen LogP contribution in [0.2, 0.25) is 0 Å². The number of rotatable bonds is 6. The van der Waals surface area contributed by atoms with Crippen LogP contribution in [0, 0.1) is 5.41 Å². The van der Waals surface area contributed by atoms with Crippen molar-refractivity contribution >= 4 is 11.9 Å². The number of carbonyl (C=O) groups is 2. The van der Waals surface area contributed by atoms with E-state index in [1.165, 1.54) is 0 Å². The lowest BCUT2D eigenvalue weighted by atomic mass is 9.91. The maximum absolute atomic E-state index is 12.6. The first-order valence-corrected chi connectivity index (χ1v) is 7.74. The molecule has 0 aliphatic rings. The minimum atomic E-state index is -0.588. The minimum absolute atomic E-state index is 0.0306. The quantitative estimate of drug-likeness (QED) is 0.757. The van der Waals surface area contributed by atoms with Crippen LogP contribution in [0.1, 0.15) is 46.6 Å². The molecule has 0 radical (unpaired) electrons. The summed E-state index contributed by atoms with van der Waals surface area (Å²) in [6.45, 7) is 10.3. The van der Waals surface area contributed by atoms with Gasteiger partial charge in [-0.05, 0) is 24.8 Å². The van der Waals surface area contributed by atoms with Gasteiger partial charge in [0.2, 0.25) is 5.91 Å². The standard InChI is InChI=1S/C18H27NO3/c1-6-22-17(21)14(2)19(16(20)12-18(3,4)5)13-15-10-8-7-9-11-15/h7-11,14H,6,12-13H2,1-5H3. The lowest BCUT2D eigenvalue weighted by molar-refractivity contribution is -0.155. The maximum atomic E-state index is 12.6. The molecule has 0 aliphatic carbocycles. The summed E-state index contributed by atoms with van der Waals surface area (Å²) in [6.07, 6.45) is 0.392. The first-order chi connectivity index (χ1) is 10.2. The Labute approximate surface area is 133 Å². The summed E-state index contributed by atoms with van der Waals surface area (Å²) in [5, 5.41) is 0. The molecule has 1 rings (SSSR count). The van der Waals surface area contributed by atoms with Crippen LogP contribution in [0.4, 0.5) is 0 Å². The molecule has 0 aromatic heterocycles. The highest BCUT2D eigenvalue weighted by Crippen LogP contribution is 2.22. The van der Waals surface area contributed by atoms with E-state index in [0.717, 1.165) is 5.56 Å². The van der Waals surface area contributed by atoms with Gasteiger partial charge in [-0.25, -0.2) is 4.79 Å². The van der Waals surface area contributed by atoms with Gasteiger partial charge in [0.05, 0.1) is 6.61 Å². The van der Waals surface area contributed by atoms with Crippen LogP contribution >= 0.6 is 0 Å². The van der Waals surface area contributed by atoms with Crippen molar-refractivity contribution in [2.75, 3.05) is 6.61 Å². The fourth-order valence-corrected chi connectivity index (χ4v) is 2.17. The second-order valence-electron chi connectivity index (χ2n) is 6.67. The van der Waals surface area contributed by atoms with E-state index in [4.69, 9.17) is 4.74 Å². The topological polar surface area (TPSA) is 46.6 Å². The van der Waals surface area contributed by atoms with Gasteiger partial charge in [-0.2, -0.15) is 0 Å². The highest BCUT2D eigenvalue weighted by molar-refractivity contribution is 5.84. The van der Waals surface area contributed by atoms with E-state index < -0.39 is 6.04 Å². The molecule has 0 saturated carbocycles. The zero-order valence-corrected chi connectivity index (χ0v) is 14.3. The molecular formula is C18H27NO3. The Balaban J connectivity index is 2.94. The van der Waals surface area contributed by atoms with Crippen LogP contribution in [0.3, 0.4) is 0 Å². The molecule has 0 fully saturated rings. The number of nitrogens with zero attached hydrogens (tertiary/aromatic N) is 1. The smallest absolute Gasteiger partial charge is 0.328 e. The molecular weight excluding hydrogens is 278 g/mol. The summed E-state index contributed by atoms with van der Waals surface area (Å²) in [6, 6.07) is 9.10. The summed E-state index contributed by atoms with van der Waals surface area (Å²) >= 11 is 0. The van der Waals surface area contributed by atoms with Crippen LogP contribution in [0.25, 0.3) is 0 Å². The summed E-state index contributed by atoms with van der Waals surface area (Å²) in [7, 11) is 0. The second-order valence-corrected chi connectivity index (χ2v) is 6.67. The fourth-order valence-electron chi connectivity index (χ4n) is 2.17. The highest BCUT2D eigenvalue weighted by atomic mass is 16.5. The number of benzene rings is 1. The predicted octanol–water partition coefficient (Wildman–Crippen LogP) is 3.40. The van der Waals surface area contributed by atoms with Crippen molar-refractivity contribution < 1.29 is 14.3 Å². The van der Waals surface area contributed by atoms with Gasteiger partial charge >= 0.3 is 5.97 Å². The molecule has 1 aromatic rings. The third-order valence-corrected chi connectivity index (χ3v) is 3.29. The molecule has 1 amide bonds. The third kappa shape index (κ3) is 5.88.